The average molecular weight is 365 g/mol. The number of hydrogen-bond donors (Lipinski definition) is 0. The van der Waals surface area contributed by atoms with Gasteiger partial charge in [-0.05, 0) is 51.9 Å². The fraction of sp³-hybridized carbons (Fsp3) is 0.143. The first-order valence-electron chi connectivity index (χ1n) is 5.75. The summed E-state index contributed by atoms with van der Waals surface area (Å²) in [5.74, 6) is 0.761. The lowest BCUT2D eigenvalue weighted by Gasteiger charge is -2.10. The number of benzene rings is 2. The predicted octanol–water partition coefficient (Wildman–Crippen LogP) is 4.68. The van der Waals surface area contributed by atoms with Crippen LogP contribution in [-0.2, 0) is 13.2 Å². The third-order valence-corrected chi connectivity index (χ3v) is 3.23. The van der Waals surface area contributed by atoms with Crippen molar-refractivity contribution in [3.8, 4) is 5.75 Å². The van der Waals surface area contributed by atoms with E-state index in [0.717, 1.165) is 20.4 Å². The Morgan fingerprint density at radius 2 is 1.95 bits per heavy atom. The molecule has 0 amide bonds. The minimum atomic E-state index is 0.303. The number of rotatable bonds is 5. The Kier molecular flexibility index (Phi) is 5.06. The van der Waals surface area contributed by atoms with Crippen molar-refractivity contribution in [2.24, 2.45) is 5.11 Å². The van der Waals surface area contributed by atoms with E-state index in [2.05, 4.69) is 32.6 Å². The molecule has 0 aliphatic heterocycles. The summed E-state index contributed by atoms with van der Waals surface area (Å²) in [5, 5.41) is 3.60. The first kappa shape index (κ1) is 13.7. The summed E-state index contributed by atoms with van der Waals surface area (Å²) < 4.78 is 6.88. The van der Waals surface area contributed by atoms with Crippen molar-refractivity contribution in [1.82, 2.24) is 0 Å². The second-order valence-corrected chi connectivity index (χ2v) is 5.16. The van der Waals surface area contributed by atoms with Gasteiger partial charge in [-0.1, -0.05) is 35.4 Å². The largest absolute Gasteiger partial charge is 0.489 e. The second-order valence-electron chi connectivity index (χ2n) is 3.92. The maximum absolute atomic E-state index is 8.41. The third kappa shape index (κ3) is 4.15. The van der Waals surface area contributed by atoms with E-state index < -0.39 is 0 Å². The van der Waals surface area contributed by atoms with Crippen LogP contribution in [0.5, 0.6) is 5.75 Å². The molecule has 0 aliphatic rings. The normalized spacial score (nSPS) is 9.74. The van der Waals surface area contributed by atoms with Gasteiger partial charge in [0.1, 0.15) is 12.4 Å². The van der Waals surface area contributed by atoms with Gasteiger partial charge in [-0.3, -0.25) is 0 Å². The molecule has 4 nitrogen and oxygen atoms in total. The zero-order valence-corrected chi connectivity index (χ0v) is 12.3. The molecule has 0 unspecified atom stereocenters. The van der Waals surface area contributed by atoms with Gasteiger partial charge in [-0.2, -0.15) is 0 Å². The minimum Gasteiger partial charge on any atom is -0.489 e. The number of ether oxygens (including phenoxy) is 1. The first-order valence-corrected chi connectivity index (χ1v) is 6.83. The lowest BCUT2D eigenvalue weighted by atomic mass is 10.2. The summed E-state index contributed by atoms with van der Waals surface area (Å²) in [6, 6.07) is 15.8. The Balaban J connectivity index is 2.13. The van der Waals surface area contributed by atoms with Crippen molar-refractivity contribution >= 4 is 22.6 Å². The molecule has 0 N–H and O–H groups in total. The highest BCUT2D eigenvalue weighted by molar-refractivity contribution is 14.1. The van der Waals surface area contributed by atoms with Crippen LogP contribution in [0.1, 0.15) is 11.1 Å². The van der Waals surface area contributed by atoms with Crippen molar-refractivity contribution in [3.05, 3.63) is 73.7 Å². The molecule has 0 saturated carbocycles. The van der Waals surface area contributed by atoms with Crippen LogP contribution in [0.25, 0.3) is 10.4 Å². The molecule has 19 heavy (non-hydrogen) atoms. The van der Waals surface area contributed by atoms with E-state index >= 15 is 0 Å². The Bertz CT molecular complexity index is 595. The topological polar surface area (TPSA) is 58.0 Å². The van der Waals surface area contributed by atoms with Crippen LogP contribution in [0.4, 0.5) is 0 Å². The quantitative estimate of drug-likeness (QED) is 0.329. The maximum Gasteiger partial charge on any atom is 0.123 e. The van der Waals surface area contributed by atoms with Crippen molar-refractivity contribution in [1.29, 1.82) is 0 Å². The van der Waals surface area contributed by atoms with Crippen LogP contribution >= 0.6 is 22.6 Å². The van der Waals surface area contributed by atoms with E-state index in [4.69, 9.17) is 10.3 Å². The van der Waals surface area contributed by atoms with Gasteiger partial charge in [0.2, 0.25) is 0 Å². The molecule has 0 atom stereocenters. The number of hydrogen-bond acceptors (Lipinski definition) is 2. The molecule has 2 aromatic carbocycles. The highest BCUT2D eigenvalue weighted by atomic mass is 127. The van der Waals surface area contributed by atoms with Gasteiger partial charge in [0.05, 0.1) is 6.54 Å². The second kappa shape index (κ2) is 7.01. The van der Waals surface area contributed by atoms with Gasteiger partial charge >= 0.3 is 0 Å². The van der Waals surface area contributed by atoms with Crippen molar-refractivity contribution in [3.63, 3.8) is 0 Å². The van der Waals surface area contributed by atoms with Gasteiger partial charge < -0.3 is 4.74 Å². The van der Waals surface area contributed by atoms with Gasteiger partial charge in [-0.15, -0.1) is 0 Å². The minimum absolute atomic E-state index is 0.303. The standard InChI is InChI=1S/C14H12IN3O/c15-13-6-7-14(12(8-13)9-17-18-16)19-10-11-4-2-1-3-5-11/h1-8H,9-10H2. The van der Waals surface area contributed by atoms with E-state index in [1.54, 1.807) is 0 Å². The zero-order chi connectivity index (χ0) is 13.5. The Labute approximate surface area is 125 Å². The third-order valence-electron chi connectivity index (χ3n) is 2.56. The molecule has 0 spiro atoms. The Morgan fingerprint density at radius 3 is 2.68 bits per heavy atom. The van der Waals surface area contributed by atoms with E-state index in [9.17, 15) is 0 Å². The predicted molar refractivity (Wildman–Crippen MR) is 82.8 cm³/mol. The van der Waals surface area contributed by atoms with Crippen LogP contribution in [0.2, 0.25) is 0 Å². The van der Waals surface area contributed by atoms with Gasteiger partial charge in [-0.25, -0.2) is 0 Å². The lowest BCUT2D eigenvalue weighted by molar-refractivity contribution is 0.303. The molecular formula is C14H12IN3O. The van der Waals surface area contributed by atoms with Gasteiger partial charge in [0.25, 0.3) is 0 Å². The first-order chi connectivity index (χ1) is 9.29. The highest BCUT2D eigenvalue weighted by Crippen LogP contribution is 2.23. The molecule has 0 fully saturated rings. The van der Waals surface area contributed by atoms with Crippen LogP contribution in [-0.4, -0.2) is 0 Å². The van der Waals surface area contributed by atoms with Crippen LogP contribution in [0, 0.1) is 3.57 Å². The molecule has 0 saturated heterocycles. The summed E-state index contributed by atoms with van der Waals surface area (Å²) in [6.45, 7) is 0.808. The van der Waals surface area contributed by atoms with Crippen molar-refractivity contribution < 1.29 is 4.74 Å². The molecule has 0 aliphatic carbocycles. The van der Waals surface area contributed by atoms with Crippen LogP contribution in [0.15, 0.2) is 53.6 Å². The molecule has 96 valence electrons. The van der Waals surface area contributed by atoms with Gasteiger partial charge in [0, 0.05) is 14.0 Å². The molecule has 5 heteroatoms. The summed E-state index contributed by atoms with van der Waals surface area (Å²) >= 11 is 2.22. The Morgan fingerprint density at radius 1 is 1.16 bits per heavy atom. The molecule has 2 aromatic rings. The van der Waals surface area contributed by atoms with Gasteiger partial charge in [0.15, 0.2) is 0 Å². The van der Waals surface area contributed by atoms with E-state index in [-0.39, 0.29) is 0 Å². The van der Waals surface area contributed by atoms with Crippen molar-refractivity contribution in [2.45, 2.75) is 13.2 Å². The number of halogens is 1. The van der Waals surface area contributed by atoms with E-state index in [0.29, 0.717) is 13.2 Å². The monoisotopic (exact) mass is 365 g/mol. The van der Waals surface area contributed by atoms with Crippen LogP contribution < -0.4 is 4.74 Å². The maximum atomic E-state index is 8.41. The summed E-state index contributed by atoms with van der Waals surface area (Å²) in [5.41, 5.74) is 10.4. The lowest BCUT2D eigenvalue weighted by Crippen LogP contribution is -1.98. The van der Waals surface area contributed by atoms with E-state index in [1.807, 2.05) is 48.5 Å². The van der Waals surface area contributed by atoms with Crippen molar-refractivity contribution in [2.75, 3.05) is 0 Å². The van der Waals surface area contributed by atoms with Crippen LogP contribution in [0.3, 0.4) is 0 Å². The summed E-state index contributed by atoms with van der Waals surface area (Å²) in [6.07, 6.45) is 0. The van der Waals surface area contributed by atoms with E-state index in [1.165, 1.54) is 0 Å². The number of nitrogens with zero attached hydrogens (tertiary/aromatic N) is 3. The summed E-state index contributed by atoms with van der Waals surface area (Å²) in [7, 11) is 0. The molecule has 2 rings (SSSR count). The molecule has 0 radical (unpaired) electrons. The molecular weight excluding hydrogens is 353 g/mol. The molecule has 0 aromatic heterocycles. The highest BCUT2D eigenvalue weighted by Gasteiger charge is 2.04. The molecule has 0 bridgehead atoms. The smallest absolute Gasteiger partial charge is 0.123 e. The zero-order valence-electron chi connectivity index (χ0n) is 10.2. The Hall–Kier alpha value is -1.72. The SMILES string of the molecule is [N-]=[N+]=NCc1cc(I)ccc1OCc1ccccc1. The summed E-state index contributed by atoms with van der Waals surface area (Å²) in [4.78, 5) is 2.79. The fourth-order valence-corrected chi connectivity index (χ4v) is 2.21. The fourth-order valence-electron chi connectivity index (χ4n) is 1.66. The molecule has 0 heterocycles. The average Bonchev–Trinajstić information content (AvgIpc) is 2.45. The number of azide groups is 1.